The SMILES string of the molecule is O=c1c2c([nH]n1C1CCCC1O)CCCCC2. The number of fused-ring (bicyclic) bond motifs is 1. The zero-order valence-electron chi connectivity index (χ0n) is 10.1. The van der Waals surface area contributed by atoms with Gasteiger partial charge >= 0.3 is 0 Å². The van der Waals surface area contributed by atoms with E-state index in [1.807, 2.05) is 0 Å². The topological polar surface area (TPSA) is 58.0 Å². The van der Waals surface area contributed by atoms with Crippen LogP contribution in [0.1, 0.15) is 55.8 Å². The maximum Gasteiger partial charge on any atom is 0.270 e. The molecule has 94 valence electrons. The van der Waals surface area contributed by atoms with Crippen LogP contribution in [0, 0.1) is 0 Å². The van der Waals surface area contributed by atoms with Crippen LogP contribution in [-0.2, 0) is 12.8 Å². The summed E-state index contributed by atoms with van der Waals surface area (Å²) < 4.78 is 1.70. The monoisotopic (exact) mass is 236 g/mol. The molecule has 0 saturated heterocycles. The number of rotatable bonds is 1. The van der Waals surface area contributed by atoms with E-state index in [1.165, 1.54) is 12.8 Å². The molecule has 1 heterocycles. The molecule has 4 nitrogen and oxygen atoms in total. The molecule has 2 unspecified atom stereocenters. The smallest absolute Gasteiger partial charge is 0.270 e. The minimum Gasteiger partial charge on any atom is -0.391 e. The molecule has 1 aromatic rings. The van der Waals surface area contributed by atoms with Gasteiger partial charge in [-0.15, -0.1) is 0 Å². The van der Waals surface area contributed by atoms with E-state index in [0.717, 1.165) is 49.8 Å². The first-order valence-electron chi connectivity index (χ1n) is 6.77. The molecule has 1 fully saturated rings. The van der Waals surface area contributed by atoms with E-state index in [1.54, 1.807) is 4.68 Å². The average Bonchev–Trinajstić information content (AvgIpc) is 2.76. The summed E-state index contributed by atoms with van der Waals surface area (Å²) in [6.45, 7) is 0. The normalized spacial score (nSPS) is 29.0. The molecular formula is C13H20N2O2. The summed E-state index contributed by atoms with van der Waals surface area (Å²) in [4.78, 5) is 12.3. The van der Waals surface area contributed by atoms with Gasteiger partial charge in [-0.25, -0.2) is 4.68 Å². The Hall–Kier alpha value is -1.03. The van der Waals surface area contributed by atoms with E-state index >= 15 is 0 Å². The fraction of sp³-hybridized carbons (Fsp3) is 0.769. The summed E-state index contributed by atoms with van der Waals surface area (Å²) in [5.74, 6) is 0. The van der Waals surface area contributed by atoms with Crippen molar-refractivity contribution in [3.8, 4) is 0 Å². The van der Waals surface area contributed by atoms with Crippen molar-refractivity contribution in [2.45, 2.75) is 63.5 Å². The first-order valence-corrected chi connectivity index (χ1v) is 6.77. The molecule has 2 aliphatic rings. The predicted octanol–water partition coefficient (Wildman–Crippen LogP) is 1.53. The second-order valence-corrected chi connectivity index (χ2v) is 5.37. The lowest BCUT2D eigenvalue weighted by Crippen LogP contribution is -2.28. The molecule has 0 aromatic carbocycles. The Labute approximate surface area is 101 Å². The van der Waals surface area contributed by atoms with Crippen molar-refractivity contribution in [2.24, 2.45) is 0 Å². The van der Waals surface area contributed by atoms with Crippen LogP contribution < -0.4 is 5.56 Å². The van der Waals surface area contributed by atoms with E-state index in [4.69, 9.17) is 0 Å². The molecule has 2 aliphatic carbocycles. The Balaban J connectivity index is 1.98. The van der Waals surface area contributed by atoms with Gasteiger partial charge < -0.3 is 5.11 Å². The third kappa shape index (κ3) is 1.84. The van der Waals surface area contributed by atoms with Crippen LogP contribution in [0.15, 0.2) is 4.79 Å². The van der Waals surface area contributed by atoms with Crippen LogP contribution in [0.2, 0.25) is 0 Å². The highest BCUT2D eigenvalue weighted by atomic mass is 16.3. The zero-order valence-corrected chi connectivity index (χ0v) is 10.1. The molecule has 0 spiro atoms. The maximum absolute atomic E-state index is 12.3. The third-order valence-corrected chi connectivity index (χ3v) is 4.23. The van der Waals surface area contributed by atoms with Gasteiger partial charge in [-0.1, -0.05) is 6.42 Å². The average molecular weight is 236 g/mol. The van der Waals surface area contributed by atoms with Crippen molar-refractivity contribution >= 4 is 0 Å². The molecule has 3 rings (SSSR count). The Morgan fingerprint density at radius 2 is 1.94 bits per heavy atom. The van der Waals surface area contributed by atoms with E-state index in [-0.39, 0.29) is 17.7 Å². The lowest BCUT2D eigenvalue weighted by Gasteiger charge is -2.15. The minimum atomic E-state index is -0.352. The molecule has 1 saturated carbocycles. The molecule has 4 heteroatoms. The molecule has 0 amide bonds. The van der Waals surface area contributed by atoms with Crippen molar-refractivity contribution in [3.63, 3.8) is 0 Å². The summed E-state index contributed by atoms with van der Waals surface area (Å²) in [5, 5.41) is 13.2. The number of nitrogens with one attached hydrogen (secondary N) is 1. The Bertz CT molecular complexity index is 460. The number of aliphatic hydroxyl groups is 1. The number of H-pyrrole nitrogens is 1. The van der Waals surface area contributed by atoms with Crippen molar-refractivity contribution in [3.05, 3.63) is 21.6 Å². The number of aryl methyl sites for hydroxylation is 1. The summed E-state index contributed by atoms with van der Waals surface area (Å²) in [6.07, 6.45) is 7.79. The Morgan fingerprint density at radius 3 is 2.71 bits per heavy atom. The molecular weight excluding hydrogens is 216 g/mol. The number of hydrogen-bond acceptors (Lipinski definition) is 2. The highest BCUT2D eigenvalue weighted by Gasteiger charge is 2.30. The first-order chi connectivity index (χ1) is 8.27. The molecule has 1 aromatic heterocycles. The highest BCUT2D eigenvalue weighted by molar-refractivity contribution is 5.19. The quantitative estimate of drug-likeness (QED) is 0.726. The van der Waals surface area contributed by atoms with Gasteiger partial charge in [-0.2, -0.15) is 0 Å². The fourth-order valence-electron chi connectivity index (χ4n) is 3.24. The predicted molar refractivity (Wildman–Crippen MR) is 65.2 cm³/mol. The van der Waals surface area contributed by atoms with E-state index in [9.17, 15) is 9.90 Å². The summed E-state index contributed by atoms with van der Waals surface area (Å²) in [5.41, 5.74) is 2.21. The number of hydrogen-bond donors (Lipinski definition) is 2. The van der Waals surface area contributed by atoms with E-state index in [0.29, 0.717) is 0 Å². The van der Waals surface area contributed by atoms with Crippen LogP contribution >= 0.6 is 0 Å². The lowest BCUT2D eigenvalue weighted by atomic mass is 10.1. The third-order valence-electron chi connectivity index (χ3n) is 4.23. The van der Waals surface area contributed by atoms with Crippen LogP contribution in [-0.4, -0.2) is 21.0 Å². The van der Waals surface area contributed by atoms with Gasteiger partial charge in [-0.05, 0) is 44.9 Å². The minimum absolute atomic E-state index is 0.0190. The molecule has 0 radical (unpaired) electrons. The molecule has 17 heavy (non-hydrogen) atoms. The van der Waals surface area contributed by atoms with Crippen molar-refractivity contribution < 1.29 is 5.11 Å². The summed E-state index contributed by atoms with van der Waals surface area (Å²) in [6, 6.07) is -0.0190. The van der Waals surface area contributed by atoms with Crippen LogP contribution in [0.3, 0.4) is 0 Å². The van der Waals surface area contributed by atoms with Crippen LogP contribution in [0.25, 0.3) is 0 Å². The Kier molecular flexibility index (Phi) is 2.82. The van der Waals surface area contributed by atoms with Gasteiger partial charge in [0.1, 0.15) is 0 Å². The highest BCUT2D eigenvalue weighted by Crippen LogP contribution is 2.29. The standard InChI is InChI=1S/C13H20N2O2/c16-12-8-4-7-11(12)15-13(17)9-5-2-1-3-6-10(9)14-15/h11-12,14,16H,1-8H2. The van der Waals surface area contributed by atoms with Crippen molar-refractivity contribution in [1.29, 1.82) is 0 Å². The number of nitrogens with zero attached hydrogens (tertiary/aromatic N) is 1. The van der Waals surface area contributed by atoms with Gasteiger partial charge in [0.15, 0.2) is 0 Å². The fourth-order valence-corrected chi connectivity index (χ4v) is 3.24. The Morgan fingerprint density at radius 1 is 1.12 bits per heavy atom. The van der Waals surface area contributed by atoms with E-state index in [2.05, 4.69) is 5.10 Å². The molecule has 2 atom stereocenters. The van der Waals surface area contributed by atoms with Crippen LogP contribution in [0.5, 0.6) is 0 Å². The van der Waals surface area contributed by atoms with Gasteiger partial charge in [-0.3, -0.25) is 9.89 Å². The number of aliphatic hydroxyl groups excluding tert-OH is 1. The second kappa shape index (κ2) is 4.33. The van der Waals surface area contributed by atoms with Gasteiger partial charge in [0.05, 0.1) is 12.1 Å². The molecule has 0 bridgehead atoms. The lowest BCUT2D eigenvalue weighted by molar-refractivity contribution is 0.128. The number of aromatic nitrogens is 2. The molecule has 2 N–H and O–H groups in total. The van der Waals surface area contributed by atoms with Crippen molar-refractivity contribution in [2.75, 3.05) is 0 Å². The number of aromatic amines is 1. The maximum atomic E-state index is 12.3. The first kappa shape index (κ1) is 11.1. The molecule has 0 aliphatic heterocycles. The van der Waals surface area contributed by atoms with Crippen LogP contribution in [0.4, 0.5) is 0 Å². The van der Waals surface area contributed by atoms with Gasteiger partial charge in [0.25, 0.3) is 5.56 Å². The van der Waals surface area contributed by atoms with Crippen molar-refractivity contribution in [1.82, 2.24) is 9.78 Å². The largest absolute Gasteiger partial charge is 0.391 e. The summed E-state index contributed by atoms with van der Waals surface area (Å²) in [7, 11) is 0. The van der Waals surface area contributed by atoms with Gasteiger partial charge in [0, 0.05) is 11.3 Å². The zero-order chi connectivity index (χ0) is 11.8. The summed E-state index contributed by atoms with van der Waals surface area (Å²) >= 11 is 0. The van der Waals surface area contributed by atoms with E-state index < -0.39 is 0 Å². The second-order valence-electron chi connectivity index (χ2n) is 5.37. The van der Waals surface area contributed by atoms with Gasteiger partial charge in [0.2, 0.25) is 0 Å².